The number of hydrogen-bond acceptors (Lipinski definition) is 0. The third kappa shape index (κ3) is 144. The smallest absolute Gasteiger partial charge is 0.251 e. The van der Waals surface area contributed by atoms with Crippen molar-refractivity contribution in [3.8, 4) is 0 Å². The van der Waals surface area contributed by atoms with E-state index in [0.29, 0.717) is 31.1 Å². The molecule has 0 heterocycles. The highest BCUT2D eigenvalue weighted by atomic mass is 19.4. The highest BCUT2D eigenvalue weighted by molar-refractivity contribution is 4.59. The first kappa shape index (κ1) is 88.6. The Kier molecular flexibility index (Phi) is 76.7. The Labute approximate surface area is 430 Å². The van der Waals surface area contributed by atoms with Gasteiger partial charge in [-0.3, -0.25) is 4.39 Å². The SMILES string of the molecule is CCC(C)(C)C.CCC(C)C.CCC(C)C.CCC(C)C.CCC(C)C(F)(F)F.CCC(C)C(F)F.CCC(C)CF.CCCC(C)(F)F.CCCC(C)(F)F.CCCC(C)F.[2H]C([2H])(C)C(C)C(F)(F)F. The molecule has 0 saturated carbocycles. The van der Waals surface area contributed by atoms with Crippen molar-refractivity contribution in [2.75, 3.05) is 6.67 Å². The van der Waals surface area contributed by atoms with E-state index >= 15 is 0 Å². The van der Waals surface area contributed by atoms with E-state index in [1.807, 2.05) is 20.8 Å². The van der Waals surface area contributed by atoms with Crippen LogP contribution < -0.4 is 0 Å². The van der Waals surface area contributed by atoms with E-state index in [4.69, 9.17) is 2.74 Å². The van der Waals surface area contributed by atoms with Gasteiger partial charge in [-0.15, -0.1) is 0 Å². The maximum atomic E-state index is 11.7. The molecule has 14 heteroatoms. The van der Waals surface area contributed by atoms with Crippen LogP contribution in [0.15, 0.2) is 0 Å². The van der Waals surface area contributed by atoms with E-state index in [2.05, 4.69) is 90.0 Å². The van der Waals surface area contributed by atoms with E-state index < -0.39 is 60.9 Å². The fourth-order valence-electron chi connectivity index (χ4n) is 1.96. The lowest BCUT2D eigenvalue weighted by atomic mass is 9.94. The zero-order valence-electron chi connectivity index (χ0n) is 52.4. The molecule has 5 unspecified atom stereocenters. The zero-order chi connectivity index (χ0) is 61.1. The van der Waals surface area contributed by atoms with Crippen LogP contribution in [0.5, 0.6) is 0 Å². The third-order valence-corrected chi connectivity index (χ3v) is 9.70. The van der Waals surface area contributed by atoms with Crippen molar-refractivity contribution in [3.63, 3.8) is 0 Å². The number of alkyl halides is 14. The largest absolute Gasteiger partial charge is 0.391 e. The van der Waals surface area contributed by atoms with Gasteiger partial charge in [0.1, 0.15) is 0 Å². The van der Waals surface area contributed by atoms with Gasteiger partial charge in [0.2, 0.25) is 18.3 Å². The maximum Gasteiger partial charge on any atom is 0.391 e. The second-order valence-corrected chi connectivity index (χ2v) is 20.3. The lowest BCUT2D eigenvalue weighted by Crippen LogP contribution is -2.18. The average Bonchev–Trinajstić information content (AvgIpc) is 3.22. The summed E-state index contributed by atoms with van der Waals surface area (Å²) in [6.07, 6.45) is -3.67. The molecular weight excluding hydrogens is 939 g/mol. The van der Waals surface area contributed by atoms with Gasteiger partial charge in [-0.05, 0) is 75.5 Å². The van der Waals surface area contributed by atoms with E-state index in [-0.39, 0.29) is 31.9 Å². The number of rotatable bonds is 15. The van der Waals surface area contributed by atoms with Crippen molar-refractivity contribution in [3.05, 3.63) is 0 Å². The van der Waals surface area contributed by atoms with Crippen LogP contribution in [0.1, 0.15) is 280 Å². The standard InChI is InChI=1S/C6H14.2C5H9F3.3C5H10F2.2C5H11F.3C5H12/c1-5-6(2,3)4;2*1-3-4(2)5(6,7)8;2*1-3-4-5(2,6)7;1-3-4(2)5(6)7;1-3-5(2)4-6;1-3-4-5(2)6;3*1-4-5(2)3/h5H2,1-4H3;2*4H,3H2,1-2H3;2*3-4H2,1-2H3;4-5H,3H2,1-2H3;2*5H,3-4H2,1-2H3;3*5H,4H2,1-3H3/i;3D2;;;;;;;;;. The Balaban J connectivity index is -0.0000000636. The molecule has 0 amide bonds. The van der Waals surface area contributed by atoms with Gasteiger partial charge in [-0.1, -0.05) is 218 Å². The Morgan fingerprint density at radius 1 is 0.414 bits per heavy atom. The molecule has 0 radical (unpaired) electrons. The second kappa shape index (κ2) is 60.6. The van der Waals surface area contributed by atoms with Crippen molar-refractivity contribution in [2.45, 2.75) is 314 Å². The zero-order valence-corrected chi connectivity index (χ0v) is 50.4. The topological polar surface area (TPSA) is 0 Å². The van der Waals surface area contributed by atoms with Crippen LogP contribution >= 0.6 is 0 Å². The lowest BCUT2D eigenvalue weighted by molar-refractivity contribution is -0.170. The highest BCUT2D eigenvalue weighted by Gasteiger charge is 2.34. The first-order valence-electron chi connectivity index (χ1n) is 27.3. The fourth-order valence-corrected chi connectivity index (χ4v) is 1.96. The van der Waals surface area contributed by atoms with Gasteiger partial charge in [-0.25, -0.2) is 30.7 Å². The summed E-state index contributed by atoms with van der Waals surface area (Å²) in [6, 6.07) is 0. The molecule has 0 aliphatic heterocycles. The van der Waals surface area contributed by atoms with Gasteiger partial charge >= 0.3 is 12.4 Å². The van der Waals surface area contributed by atoms with Gasteiger partial charge in [0.25, 0.3) is 0 Å². The molecular formula is C56H120F14. The predicted octanol–water partition coefficient (Wildman–Crippen LogP) is 25.1. The first-order chi connectivity index (χ1) is 31.9. The minimum absolute atomic E-state index is 0.00694. The summed E-state index contributed by atoms with van der Waals surface area (Å²) in [7, 11) is 0. The van der Waals surface area contributed by atoms with Crippen molar-refractivity contribution >= 4 is 0 Å². The van der Waals surface area contributed by atoms with Crippen molar-refractivity contribution < 1.29 is 64.2 Å². The third-order valence-electron chi connectivity index (χ3n) is 9.70. The molecule has 5 atom stereocenters. The molecule has 0 aromatic heterocycles. The van der Waals surface area contributed by atoms with Crippen LogP contribution in [0, 0.1) is 46.8 Å². The molecule has 70 heavy (non-hydrogen) atoms. The summed E-state index contributed by atoms with van der Waals surface area (Å²) in [6.45, 7) is 49.3. The van der Waals surface area contributed by atoms with Gasteiger partial charge in [0, 0.05) is 21.5 Å². The van der Waals surface area contributed by atoms with Gasteiger partial charge in [0.05, 0.1) is 24.7 Å². The van der Waals surface area contributed by atoms with Crippen LogP contribution in [0.2, 0.25) is 0 Å². The summed E-state index contributed by atoms with van der Waals surface area (Å²) in [5, 5.41) is 0. The van der Waals surface area contributed by atoms with Gasteiger partial charge in [-0.2, -0.15) is 26.3 Å². The molecule has 0 fully saturated rings. The molecule has 0 N–H and O–H groups in total. The fraction of sp³-hybridized carbons (Fsp3) is 1.00. The van der Waals surface area contributed by atoms with E-state index in [1.165, 1.54) is 39.5 Å². The Morgan fingerprint density at radius 3 is 0.686 bits per heavy atom. The molecule has 0 nitrogen and oxygen atoms in total. The second-order valence-electron chi connectivity index (χ2n) is 20.3. The quantitative estimate of drug-likeness (QED) is 0.143. The van der Waals surface area contributed by atoms with Crippen LogP contribution in [-0.2, 0) is 0 Å². The number of hydrogen-bond donors (Lipinski definition) is 0. The van der Waals surface area contributed by atoms with Crippen LogP contribution in [-0.4, -0.2) is 43.5 Å². The molecule has 0 aliphatic carbocycles. The Morgan fingerprint density at radius 2 is 0.686 bits per heavy atom. The maximum absolute atomic E-state index is 11.7. The van der Waals surface area contributed by atoms with E-state index in [0.717, 1.165) is 58.3 Å². The predicted molar refractivity (Wildman–Crippen MR) is 284 cm³/mol. The monoisotopic (exact) mass is 1060 g/mol. The number of halogens is 14. The van der Waals surface area contributed by atoms with Crippen molar-refractivity contribution in [2.24, 2.45) is 46.8 Å². The summed E-state index contributed by atoms with van der Waals surface area (Å²) in [4.78, 5) is 0. The van der Waals surface area contributed by atoms with Gasteiger partial charge < -0.3 is 0 Å². The van der Waals surface area contributed by atoms with Crippen molar-refractivity contribution in [1.82, 2.24) is 0 Å². The van der Waals surface area contributed by atoms with Crippen LogP contribution in [0.25, 0.3) is 0 Å². The Bertz CT molecular complexity index is 909. The molecule has 0 aliphatic rings. The van der Waals surface area contributed by atoms with E-state index in [9.17, 15) is 61.5 Å². The molecule has 0 rings (SSSR count). The lowest BCUT2D eigenvalue weighted by Gasteiger charge is -2.12. The molecule has 0 saturated heterocycles. The summed E-state index contributed by atoms with van der Waals surface area (Å²) >= 11 is 0. The first-order valence-corrected chi connectivity index (χ1v) is 26.3. The molecule has 442 valence electrons. The minimum atomic E-state index is -4.43. The highest BCUT2D eigenvalue weighted by Crippen LogP contribution is 2.28. The summed E-state index contributed by atoms with van der Waals surface area (Å²) < 4.78 is 176. The normalized spacial score (nSPS) is 13.8. The Hall–Kier alpha value is -0.980. The van der Waals surface area contributed by atoms with Crippen molar-refractivity contribution in [1.29, 1.82) is 0 Å². The molecule has 0 spiro atoms. The van der Waals surface area contributed by atoms with E-state index in [1.54, 1.807) is 34.6 Å². The molecule has 0 aromatic rings. The van der Waals surface area contributed by atoms with Gasteiger partial charge in [0.15, 0.2) is 0 Å². The summed E-state index contributed by atoms with van der Waals surface area (Å²) in [5.41, 5.74) is 0.542. The van der Waals surface area contributed by atoms with Crippen LogP contribution in [0.3, 0.4) is 0 Å². The van der Waals surface area contributed by atoms with Crippen LogP contribution in [0.4, 0.5) is 61.5 Å². The molecule has 0 bridgehead atoms. The average molecular weight is 1060 g/mol. The summed E-state index contributed by atoms with van der Waals surface area (Å²) in [5.74, 6) is -5.46. The molecule has 0 aromatic carbocycles. The minimum Gasteiger partial charge on any atom is -0.251 e.